The smallest absolute Gasteiger partial charge is 0.268 e. The maximum absolute atomic E-state index is 12.9. The van der Waals surface area contributed by atoms with Crippen LogP contribution in [-0.2, 0) is 18.4 Å². The molecular formula is C65H113N2O6P. The largest absolute Gasteiger partial charge is 0.756 e. The van der Waals surface area contributed by atoms with Crippen molar-refractivity contribution in [3.05, 3.63) is 122 Å². The molecule has 0 spiro atoms. The highest BCUT2D eigenvalue weighted by atomic mass is 31.2. The molecule has 9 heteroatoms. The number of allylic oxidation sites excluding steroid dienone is 19. The second kappa shape index (κ2) is 54.7. The predicted octanol–water partition coefficient (Wildman–Crippen LogP) is 17.9. The fraction of sp³-hybridized carbons (Fsp3) is 0.677. The molecule has 0 aliphatic rings. The number of hydrogen-bond donors (Lipinski definition) is 2. The van der Waals surface area contributed by atoms with Crippen molar-refractivity contribution in [2.45, 2.75) is 244 Å². The van der Waals surface area contributed by atoms with E-state index in [1.807, 2.05) is 27.2 Å². The SMILES string of the molecule is CC/C=C\C/C=C\C/C=C\C/C=C\C/C=C\C/C=C\C/C=C\CCCCCCCCCCCCCCCCCCCCCC(=O)NC(COP(=O)([O-])OCC[N+](C)(C)C)C(O)/C=C/CC/C=C/CC/C=C/CCC. The molecule has 3 atom stereocenters. The normalized spacial score (nSPS) is 14.7. The van der Waals surface area contributed by atoms with Crippen molar-refractivity contribution in [2.24, 2.45) is 0 Å². The molecule has 74 heavy (non-hydrogen) atoms. The summed E-state index contributed by atoms with van der Waals surface area (Å²) in [7, 11) is 1.23. The summed E-state index contributed by atoms with van der Waals surface area (Å²) < 4.78 is 23.2. The number of amides is 1. The molecule has 0 aliphatic heterocycles. The van der Waals surface area contributed by atoms with Crippen LogP contribution in [-0.4, -0.2) is 68.5 Å². The van der Waals surface area contributed by atoms with E-state index in [0.29, 0.717) is 17.4 Å². The number of unbranched alkanes of at least 4 members (excludes halogenated alkanes) is 22. The number of carbonyl (C=O) groups is 1. The molecule has 0 saturated heterocycles. The van der Waals surface area contributed by atoms with Gasteiger partial charge in [-0.15, -0.1) is 0 Å². The van der Waals surface area contributed by atoms with Crippen LogP contribution < -0.4 is 10.2 Å². The summed E-state index contributed by atoms with van der Waals surface area (Å²) in [5, 5.41) is 13.8. The van der Waals surface area contributed by atoms with Crippen LogP contribution in [0.5, 0.6) is 0 Å². The monoisotopic (exact) mass is 1050 g/mol. The number of aliphatic hydroxyl groups is 1. The Kier molecular flexibility index (Phi) is 52.4. The molecule has 424 valence electrons. The minimum absolute atomic E-state index is 0.0126. The third kappa shape index (κ3) is 56.6. The molecule has 0 aromatic rings. The van der Waals surface area contributed by atoms with Crippen molar-refractivity contribution >= 4 is 13.7 Å². The van der Waals surface area contributed by atoms with Gasteiger partial charge in [-0.3, -0.25) is 9.36 Å². The maximum atomic E-state index is 12.9. The van der Waals surface area contributed by atoms with E-state index >= 15 is 0 Å². The zero-order chi connectivity index (χ0) is 54.2. The van der Waals surface area contributed by atoms with Gasteiger partial charge in [0.15, 0.2) is 0 Å². The molecule has 0 heterocycles. The summed E-state index contributed by atoms with van der Waals surface area (Å²) >= 11 is 0. The quantitative estimate of drug-likeness (QED) is 0.0272. The maximum Gasteiger partial charge on any atom is 0.268 e. The van der Waals surface area contributed by atoms with Crippen molar-refractivity contribution in [3.8, 4) is 0 Å². The molecule has 0 rings (SSSR count). The standard InChI is InChI=1S/C65H113N2O6P/c1-6-8-10-12-14-16-18-19-20-21-22-23-24-25-26-27-28-29-30-31-32-33-34-35-36-37-38-39-40-41-42-43-44-45-46-47-49-51-53-55-57-59-65(69)66-63(62-73-74(70,71)72-61-60-67(3,4)5)64(68)58-56-54-52-50-48-17-15-13-11-9-7-2/h8,10-11,13-14,16,19-20,22-23,25-26,28-29,31-32,48,50,56,58,63-64,68H,6-7,9,12,15,17-18,21,24,27,30,33-47,49,51-55,57,59-62H2,1-5H3,(H-,66,69,70,71)/b10-8-,13-11+,16-14-,20-19-,23-22-,26-25-,29-28-,32-31-,50-48+,58-56+. The molecule has 0 radical (unpaired) electrons. The van der Waals surface area contributed by atoms with Crippen LogP contribution in [0.15, 0.2) is 122 Å². The van der Waals surface area contributed by atoms with Crippen molar-refractivity contribution in [1.29, 1.82) is 0 Å². The van der Waals surface area contributed by atoms with Gasteiger partial charge in [0.25, 0.3) is 7.82 Å². The Hall–Kier alpha value is -3.10. The molecule has 1 amide bonds. The number of likely N-dealkylation sites (N-methyl/N-ethyl adjacent to an activating group) is 1. The summed E-state index contributed by atoms with van der Waals surface area (Å²) in [4.78, 5) is 25.4. The minimum Gasteiger partial charge on any atom is -0.756 e. The van der Waals surface area contributed by atoms with Crippen LogP contribution in [0.1, 0.15) is 232 Å². The molecule has 2 N–H and O–H groups in total. The lowest BCUT2D eigenvalue weighted by Crippen LogP contribution is -2.45. The molecule has 3 unspecified atom stereocenters. The van der Waals surface area contributed by atoms with Crippen LogP contribution in [0.3, 0.4) is 0 Å². The highest BCUT2D eigenvalue weighted by Crippen LogP contribution is 2.38. The number of aliphatic hydroxyl groups excluding tert-OH is 1. The Balaban J connectivity index is 3.93. The van der Waals surface area contributed by atoms with Crippen LogP contribution in [0.25, 0.3) is 0 Å². The zero-order valence-corrected chi connectivity index (χ0v) is 49.1. The first-order valence-electron chi connectivity index (χ1n) is 29.9. The van der Waals surface area contributed by atoms with Crippen LogP contribution >= 0.6 is 7.82 Å². The molecule has 8 nitrogen and oxygen atoms in total. The van der Waals surface area contributed by atoms with E-state index in [1.54, 1.807) is 6.08 Å². The highest BCUT2D eigenvalue weighted by molar-refractivity contribution is 7.45. The number of carbonyl (C=O) groups excluding carboxylic acids is 1. The Morgan fingerprint density at radius 1 is 0.486 bits per heavy atom. The fourth-order valence-corrected chi connectivity index (χ4v) is 8.72. The molecule has 0 aromatic heterocycles. The summed E-state index contributed by atoms with van der Waals surface area (Å²) in [6, 6.07) is -0.913. The summed E-state index contributed by atoms with van der Waals surface area (Å²) in [6.45, 7) is 4.41. The number of nitrogens with zero attached hydrogens (tertiary/aromatic N) is 1. The van der Waals surface area contributed by atoms with Gasteiger partial charge in [-0.2, -0.15) is 0 Å². The van der Waals surface area contributed by atoms with Crippen molar-refractivity contribution < 1.29 is 32.9 Å². The Labute approximate surface area is 456 Å². The number of phosphoric ester groups is 1. The van der Waals surface area contributed by atoms with Gasteiger partial charge in [0.05, 0.1) is 39.9 Å². The zero-order valence-electron chi connectivity index (χ0n) is 48.2. The first-order valence-corrected chi connectivity index (χ1v) is 31.4. The Bertz CT molecular complexity index is 1620. The topological polar surface area (TPSA) is 108 Å². The van der Waals surface area contributed by atoms with Crippen LogP contribution in [0, 0.1) is 0 Å². The Morgan fingerprint density at radius 3 is 1.24 bits per heavy atom. The molecule has 0 bridgehead atoms. The number of hydrogen-bond acceptors (Lipinski definition) is 6. The fourth-order valence-electron chi connectivity index (χ4n) is 8.00. The molecule has 0 fully saturated rings. The first kappa shape index (κ1) is 70.9. The molecule has 0 aromatic carbocycles. The third-order valence-corrected chi connectivity index (χ3v) is 13.6. The predicted molar refractivity (Wildman–Crippen MR) is 320 cm³/mol. The van der Waals surface area contributed by atoms with Crippen molar-refractivity contribution in [3.63, 3.8) is 0 Å². The lowest BCUT2D eigenvalue weighted by atomic mass is 10.0. The summed E-state index contributed by atoms with van der Waals surface area (Å²) in [6.07, 6.45) is 81.7. The molecular weight excluding hydrogens is 936 g/mol. The van der Waals surface area contributed by atoms with E-state index in [1.165, 1.54) is 116 Å². The van der Waals surface area contributed by atoms with E-state index in [0.717, 1.165) is 96.3 Å². The number of nitrogens with one attached hydrogen (secondary N) is 1. The lowest BCUT2D eigenvalue weighted by Gasteiger charge is -2.29. The van der Waals surface area contributed by atoms with Gasteiger partial charge in [-0.25, -0.2) is 0 Å². The van der Waals surface area contributed by atoms with E-state index in [2.05, 4.69) is 129 Å². The van der Waals surface area contributed by atoms with E-state index in [4.69, 9.17) is 9.05 Å². The van der Waals surface area contributed by atoms with E-state index < -0.39 is 26.6 Å². The van der Waals surface area contributed by atoms with Crippen molar-refractivity contribution in [1.82, 2.24) is 5.32 Å². The minimum atomic E-state index is -4.61. The van der Waals surface area contributed by atoms with Gasteiger partial charge < -0.3 is 28.8 Å². The van der Waals surface area contributed by atoms with E-state index in [-0.39, 0.29) is 12.5 Å². The van der Waals surface area contributed by atoms with Gasteiger partial charge in [-0.1, -0.05) is 251 Å². The average Bonchev–Trinajstić information content (AvgIpc) is 3.36. The Morgan fingerprint density at radius 2 is 0.838 bits per heavy atom. The van der Waals surface area contributed by atoms with Gasteiger partial charge in [0, 0.05) is 6.42 Å². The average molecular weight is 1050 g/mol. The summed E-state index contributed by atoms with van der Waals surface area (Å²) in [5.74, 6) is -0.215. The van der Waals surface area contributed by atoms with Crippen molar-refractivity contribution in [2.75, 3.05) is 40.9 Å². The number of phosphoric acid groups is 1. The van der Waals surface area contributed by atoms with Crippen LogP contribution in [0.4, 0.5) is 0 Å². The van der Waals surface area contributed by atoms with Gasteiger partial charge in [0.2, 0.25) is 5.91 Å². The third-order valence-electron chi connectivity index (χ3n) is 12.6. The number of rotatable bonds is 53. The van der Waals surface area contributed by atoms with Gasteiger partial charge in [-0.05, 0) is 96.3 Å². The van der Waals surface area contributed by atoms with E-state index in [9.17, 15) is 19.4 Å². The second-order valence-corrected chi connectivity index (χ2v) is 22.4. The molecule has 0 saturated carbocycles. The van der Waals surface area contributed by atoms with Gasteiger partial charge in [0.1, 0.15) is 13.2 Å². The lowest BCUT2D eigenvalue weighted by molar-refractivity contribution is -0.870. The number of quaternary nitrogens is 1. The summed E-state index contributed by atoms with van der Waals surface area (Å²) in [5.41, 5.74) is 0. The van der Waals surface area contributed by atoms with Crippen LogP contribution in [0.2, 0.25) is 0 Å². The van der Waals surface area contributed by atoms with Gasteiger partial charge >= 0.3 is 0 Å². The second-order valence-electron chi connectivity index (χ2n) is 20.9. The highest BCUT2D eigenvalue weighted by Gasteiger charge is 2.23. The first-order chi connectivity index (χ1) is 36.0. The molecule has 0 aliphatic carbocycles.